The molecule has 0 radical (unpaired) electrons. The summed E-state index contributed by atoms with van der Waals surface area (Å²) in [6.45, 7) is 3.70. The average Bonchev–Trinajstić information content (AvgIpc) is 2.87. The van der Waals surface area contributed by atoms with Crippen LogP contribution >= 0.6 is 0 Å². The summed E-state index contributed by atoms with van der Waals surface area (Å²) in [6, 6.07) is 6.93. The van der Waals surface area contributed by atoms with Gasteiger partial charge in [0.25, 0.3) is 0 Å². The van der Waals surface area contributed by atoms with Crippen LogP contribution in [0.2, 0.25) is 0 Å². The number of rotatable bonds is 4. The third-order valence-corrected chi connectivity index (χ3v) is 3.75. The van der Waals surface area contributed by atoms with E-state index in [0.717, 1.165) is 5.56 Å². The number of imidazole rings is 1. The number of hydrogen-bond donors (Lipinski definition) is 1. The van der Waals surface area contributed by atoms with Crippen LogP contribution in [0.4, 0.5) is 4.39 Å². The first-order valence-corrected chi connectivity index (χ1v) is 7.34. The molecule has 0 amide bonds. The smallest absolute Gasteiger partial charge is 0.326 e. The third-order valence-electron chi connectivity index (χ3n) is 3.75. The molecule has 3 rings (SSSR count). The van der Waals surface area contributed by atoms with Gasteiger partial charge in [-0.1, -0.05) is 6.92 Å². The third kappa shape index (κ3) is 2.67. The molecule has 0 saturated heterocycles. The molecule has 0 spiro atoms. The lowest BCUT2D eigenvalue weighted by Crippen LogP contribution is -2.19. The Balaban J connectivity index is 2.31. The fraction of sp³-hybridized carbons (Fsp3) is 0.235. The van der Waals surface area contributed by atoms with Crippen LogP contribution in [0.3, 0.4) is 0 Å². The van der Waals surface area contributed by atoms with Crippen molar-refractivity contribution in [2.24, 2.45) is 0 Å². The maximum Gasteiger partial charge on any atom is 0.326 e. The molecular weight excluding hydrogens is 297 g/mol. The number of aryl methyl sites for hydroxylation is 1. The zero-order valence-corrected chi connectivity index (χ0v) is 12.8. The molecule has 1 unspecified atom stereocenters. The number of carboxylic acids is 1. The summed E-state index contributed by atoms with van der Waals surface area (Å²) < 4.78 is 14.8. The second-order valence-electron chi connectivity index (χ2n) is 5.43. The predicted molar refractivity (Wildman–Crippen MR) is 84.6 cm³/mol. The number of nitrogens with zero attached hydrogens (tertiary/aromatic N) is 3. The van der Waals surface area contributed by atoms with Crippen molar-refractivity contribution in [2.75, 3.05) is 0 Å². The number of fused-ring (bicyclic) bond motifs is 1. The van der Waals surface area contributed by atoms with Crippen LogP contribution in [0.15, 0.2) is 36.5 Å². The molecule has 118 valence electrons. The molecule has 0 aliphatic carbocycles. The van der Waals surface area contributed by atoms with E-state index in [0.29, 0.717) is 29.0 Å². The molecule has 1 atom stereocenters. The monoisotopic (exact) mass is 313 g/mol. The number of carboxylic acid groups (broad SMARTS) is 1. The van der Waals surface area contributed by atoms with Crippen molar-refractivity contribution >= 4 is 17.1 Å². The highest BCUT2D eigenvalue weighted by molar-refractivity contribution is 5.82. The summed E-state index contributed by atoms with van der Waals surface area (Å²) in [4.78, 5) is 20.5. The Morgan fingerprint density at radius 3 is 2.65 bits per heavy atom. The van der Waals surface area contributed by atoms with E-state index in [4.69, 9.17) is 0 Å². The van der Waals surface area contributed by atoms with Crippen LogP contribution in [0.5, 0.6) is 0 Å². The van der Waals surface area contributed by atoms with Gasteiger partial charge in [0.2, 0.25) is 0 Å². The fourth-order valence-electron chi connectivity index (χ4n) is 2.65. The number of benzene rings is 1. The zero-order chi connectivity index (χ0) is 16.6. The molecule has 23 heavy (non-hydrogen) atoms. The van der Waals surface area contributed by atoms with Crippen molar-refractivity contribution in [1.29, 1.82) is 0 Å². The van der Waals surface area contributed by atoms with Crippen molar-refractivity contribution in [3.05, 3.63) is 47.9 Å². The van der Waals surface area contributed by atoms with E-state index >= 15 is 0 Å². The number of aliphatic carboxylic acids is 1. The Labute approximate surface area is 132 Å². The molecule has 1 aromatic carbocycles. The van der Waals surface area contributed by atoms with Gasteiger partial charge in [-0.05, 0) is 49.2 Å². The minimum Gasteiger partial charge on any atom is -0.480 e. The highest BCUT2D eigenvalue weighted by Gasteiger charge is 2.25. The second kappa shape index (κ2) is 5.79. The van der Waals surface area contributed by atoms with Crippen molar-refractivity contribution in [3.8, 4) is 11.4 Å². The van der Waals surface area contributed by atoms with Gasteiger partial charge in [0.15, 0.2) is 5.65 Å². The summed E-state index contributed by atoms with van der Waals surface area (Å²) >= 11 is 0. The van der Waals surface area contributed by atoms with Gasteiger partial charge in [-0.3, -0.25) is 4.57 Å². The van der Waals surface area contributed by atoms with Crippen molar-refractivity contribution in [3.63, 3.8) is 0 Å². The standard InChI is InChI=1S/C17H16FN3O2/c1-3-14(17(22)23)21-15(11-4-6-12(18)7-5-11)20-13-8-10(2)9-19-16(13)21/h4-9,14H,3H2,1-2H3,(H,22,23). The van der Waals surface area contributed by atoms with Crippen molar-refractivity contribution in [1.82, 2.24) is 14.5 Å². The molecule has 0 aliphatic heterocycles. The number of hydrogen-bond acceptors (Lipinski definition) is 3. The predicted octanol–water partition coefficient (Wildman–Crippen LogP) is 3.58. The largest absolute Gasteiger partial charge is 0.480 e. The summed E-state index contributed by atoms with van der Waals surface area (Å²) in [5, 5.41) is 9.54. The van der Waals surface area contributed by atoms with Crippen LogP contribution in [-0.2, 0) is 4.79 Å². The van der Waals surface area contributed by atoms with Crippen LogP contribution in [0, 0.1) is 12.7 Å². The van der Waals surface area contributed by atoms with E-state index in [1.807, 2.05) is 13.0 Å². The Bertz CT molecular complexity index is 871. The molecule has 0 saturated carbocycles. The van der Waals surface area contributed by atoms with Crippen molar-refractivity contribution < 1.29 is 14.3 Å². The van der Waals surface area contributed by atoms with Crippen LogP contribution in [0.1, 0.15) is 24.9 Å². The highest BCUT2D eigenvalue weighted by Crippen LogP contribution is 2.29. The van der Waals surface area contributed by atoms with E-state index in [-0.39, 0.29) is 5.82 Å². The first-order chi connectivity index (χ1) is 11.0. The summed E-state index contributed by atoms with van der Waals surface area (Å²) in [6.07, 6.45) is 2.08. The molecule has 0 fully saturated rings. The number of aromatic nitrogens is 3. The number of carbonyl (C=O) groups is 1. The first-order valence-electron chi connectivity index (χ1n) is 7.34. The van der Waals surface area contributed by atoms with Crippen LogP contribution in [0.25, 0.3) is 22.6 Å². The molecule has 0 bridgehead atoms. The van der Waals surface area contributed by atoms with Crippen LogP contribution in [-0.4, -0.2) is 25.6 Å². The topological polar surface area (TPSA) is 68.0 Å². The van der Waals surface area contributed by atoms with Crippen molar-refractivity contribution in [2.45, 2.75) is 26.3 Å². The summed E-state index contributed by atoms with van der Waals surface area (Å²) in [7, 11) is 0. The normalized spacial score (nSPS) is 12.5. The van der Waals surface area contributed by atoms with Gasteiger partial charge in [-0.25, -0.2) is 19.2 Å². The molecule has 5 nitrogen and oxygen atoms in total. The second-order valence-corrected chi connectivity index (χ2v) is 5.43. The summed E-state index contributed by atoms with van der Waals surface area (Å²) in [5.74, 6) is -0.819. The fourth-order valence-corrected chi connectivity index (χ4v) is 2.65. The highest BCUT2D eigenvalue weighted by atomic mass is 19.1. The average molecular weight is 313 g/mol. The van der Waals surface area contributed by atoms with Gasteiger partial charge >= 0.3 is 5.97 Å². The van der Waals surface area contributed by atoms with Gasteiger partial charge in [0, 0.05) is 11.8 Å². The first kappa shape index (κ1) is 15.1. The molecule has 2 heterocycles. The maximum atomic E-state index is 13.2. The molecule has 1 N–H and O–H groups in total. The maximum absolute atomic E-state index is 13.2. The Hall–Kier alpha value is -2.76. The van der Waals surface area contributed by atoms with Gasteiger partial charge in [0.05, 0.1) is 0 Å². The molecule has 2 aromatic heterocycles. The lowest BCUT2D eigenvalue weighted by Gasteiger charge is -2.15. The van der Waals surface area contributed by atoms with E-state index in [1.165, 1.54) is 12.1 Å². The molecule has 0 aliphatic rings. The van der Waals surface area contributed by atoms with E-state index in [9.17, 15) is 14.3 Å². The number of pyridine rings is 1. The number of halogens is 1. The van der Waals surface area contributed by atoms with E-state index < -0.39 is 12.0 Å². The van der Waals surface area contributed by atoms with Gasteiger partial charge in [-0.2, -0.15) is 0 Å². The minimum atomic E-state index is -0.947. The van der Waals surface area contributed by atoms with Crippen LogP contribution < -0.4 is 0 Å². The summed E-state index contributed by atoms with van der Waals surface area (Å²) in [5.41, 5.74) is 2.74. The van der Waals surface area contributed by atoms with E-state index in [2.05, 4.69) is 9.97 Å². The lowest BCUT2D eigenvalue weighted by molar-refractivity contribution is -0.140. The van der Waals surface area contributed by atoms with E-state index in [1.54, 1.807) is 29.8 Å². The Morgan fingerprint density at radius 2 is 2.04 bits per heavy atom. The Morgan fingerprint density at radius 1 is 1.35 bits per heavy atom. The Kier molecular flexibility index (Phi) is 3.82. The van der Waals surface area contributed by atoms with Gasteiger partial charge < -0.3 is 5.11 Å². The van der Waals surface area contributed by atoms with Gasteiger partial charge in [-0.15, -0.1) is 0 Å². The molecular formula is C17H16FN3O2. The van der Waals surface area contributed by atoms with Gasteiger partial charge in [0.1, 0.15) is 23.2 Å². The lowest BCUT2D eigenvalue weighted by atomic mass is 10.1. The zero-order valence-electron chi connectivity index (χ0n) is 12.8. The minimum absolute atomic E-state index is 0.351. The SMILES string of the molecule is CCC(C(=O)O)n1c(-c2ccc(F)cc2)nc2cc(C)cnc21. The molecule has 6 heteroatoms. The molecule has 3 aromatic rings. The quantitative estimate of drug-likeness (QED) is 0.799.